The summed E-state index contributed by atoms with van der Waals surface area (Å²) in [5.41, 5.74) is 0. The molecule has 3 nitrogen and oxygen atoms in total. The molecule has 4 heteroatoms. The van der Waals surface area contributed by atoms with Gasteiger partial charge < -0.3 is 10.0 Å². The molecule has 0 spiro atoms. The summed E-state index contributed by atoms with van der Waals surface area (Å²) >= 11 is 3.28. The molecule has 1 saturated heterocycles. The van der Waals surface area contributed by atoms with Crippen LogP contribution in [-0.4, -0.2) is 34.0 Å². The first-order chi connectivity index (χ1) is 5.25. The zero-order chi connectivity index (χ0) is 8.27. The highest BCUT2D eigenvalue weighted by Gasteiger charge is 2.27. The van der Waals surface area contributed by atoms with E-state index in [4.69, 9.17) is 0 Å². The van der Waals surface area contributed by atoms with Crippen LogP contribution in [0.25, 0.3) is 0 Å². The van der Waals surface area contributed by atoms with Gasteiger partial charge >= 0.3 is 0 Å². The molecule has 1 unspecified atom stereocenters. The molecule has 1 atom stereocenters. The van der Waals surface area contributed by atoms with Crippen molar-refractivity contribution >= 4 is 21.8 Å². The van der Waals surface area contributed by atoms with Crippen LogP contribution in [0.3, 0.4) is 0 Å². The van der Waals surface area contributed by atoms with Crippen molar-refractivity contribution in [3.8, 4) is 0 Å². The highest BCUT2D eigenvalue weighted by molar-refractivity contribution is 9.09. The number of hydrogen-bond donors (Lipinski definition) is 1. The van der Waals surface area contributed by atoms with Crippen molar-refractivity contribution in [3.63, 3.8) is 0 Å². The van der Waals surface area contributed by atoms with Crippen LogP contribution in [0.2, 0.25) is 0 Å². The van der Waals surface area contributed by atoms with E-state index in [-0.39, 0.29) is 5.91 Å². The SMILES string of the molecule is O=C1CCC(O)N1CCCBr. The fraction of sp³-hybridized carbons (Fsp3) is 0.857. The van der Waals surface area contributed by atoms with E-state index < -0.39 is 6.23 Å². The van der Waals surface area contributed by atoms with E-state index >= 15 is 0 Å². The minimum absolute atomic E-state index is 0.0819. The number of amides is 1. The fourth-order valence-corrected chi connectivity index (χ4v) is 1.47. The second-order valence-corrected chi connectivity index (χ2v) is 3.44. The largest absolute Gasteiger partial charge is 0.374 e. The summed E-state index contributed by atoms with van der Waals surface area (Å²) in [7, 11) is 0. The van der Waals surface area contributed by atoms with E-state index in [2.05, 4.69) is 15.9 Å². The zero-order valence-electron chi connectivity index (χ0n) is 6.29. The number of alkyl halides is 1. The van der Waals surface area contributed by atoms with Crippen molar-refractivity contribution in [1.82, 2.24) is 4.90 Å². The molecule has 0 saturated carbocycles. The number of halogens is 1. The van der Waals surface area contributed by atoms with Crippen LogP contribution in [-0.2, 0) is 4.79 Å². The minimum Gasteiger partial charge on any atom is -0.374 e. The summed E-state index contributed by atoms with van der Waals surface area (Å²) in [6.45, 7) is 0.672. The fourth-order valence-electron chi connectivity index (χ4n) is 1.22. The van der Waals surface area contributed by atoms with Gasteiger partial charge in [-0.15, -0.1) is 0 Å². The average molecular weight is 222 g/mol. The van der Waals surface area contributed by atoms with Crippen molar-refractivity contribution in [2.45, 2.75) is 25.5 Å². The minimum atomic E-state index is -0.526. The highest BCUT2D eigenvalue weighted by Crippen LogP contribution is 2.16. The Bertz CT molecular complexity index is 151. The molecule has 1 aliphatic heterocycles. The third kappa shape index (κ3) is 2.17. The van der Waals surface area contributed by atoms with Crippen LogP contribution in [0, 0.1) is 0 Å². The summed E-state index contributed by atoms with van der Waals surface area (Å²) in [6, 6.07) is 0. The van der Waals surface area contributed by atoms with Crippen LogP contribution < -0.4 is 0 Å². The van der Waals surface area contributed by atoms with Crippen LogP contribution in [0.1, 0.15) is 19.3 Å². The Balaban J connectivity index is 2.35. The monoisotopic (exact) mass is 221 g/mol. The first-order valence-corrected chi connectivity index (χ1v) is 4.91. The number of likely N-dealkylation sites (tertiary alicyclic amines) is 1. The maximum atomic E-state index is 11.0. The molecule has 1 heterocycles. The van der Waals surface area contributed by atoms with Gasteiger partial charge in [0.05, 0.1) is 0 Å². The number of hydrogen-bond acceptors (Lipinski definition) is 2. The summed E-state index contributed by atoms with van der Waals surface area (Å²) in [5.74, 6) is 0.0819. The van der Waals surface area contributed by atoms with Gasteiger partial charge in [0.15, 0.2) is 0 Å². The van der Waals surface area contributed by atoms with Gasteiger partial charge in [0, 0.05) is 24.7 Å². The highest BCUT2D eigenvalue weighted by atomic mass is 79.9. The number of carbonyl (C=O) groups excluding carboxylic acids is 1. The maximum Gasteiger partial charge on any atom is 0.224 e. The van der Waals surface area contributed by atoms with E-state index in [9.17, 15) is 9.90 Å². The number of nitrogens with zero attached hydrogens (tertiary/aromatic N) is 1. The molecule has 1 amide bonds. The molecule has 0 aromatic carbocycles. The lowest BCUT2D eigenvalue weighted by molar-refractivity contribution is -0.133. The lowest BCUT2D eigenvalue weighted by atomic mass is 10.4. The topological polar surface area (TPSA) is 40.5 Å². The normalized spacial score (nSPS) is 24.7. The van der Waals surface area contributed by atoms with E-state index in [0.717, 1.165) is 11.8 Å². The van der Waals surface area contributed by atoms with E-state index in [0.29, 0.717) is 19.4 Å². The van der Waals surface area contributed by atoms with E-state index in [1.807, 2.05) is 0 Å². The van der Waals surface area contributed by atoms with Crippen LogP contribution in [0.4, 0.5) is 0 Å². The number of aliphatic hydroxyl groups excluding tert-OH is 1. The second kappa shape index (κ2) is 4.07. The Kier molecular flexibility index (Phi) is 3.33. The van der Waals surface area contributed by atoms with Gasteiger partial charge in [0.2, 0.25) is 5.91 Å². The second-order valence-electron chi connectivity index (χ2n) is 2.65. The molecular formula is C7H12BrNO2. The zero-order valence-corrected chi connectivity index (χ0v) is 7.88. The Hall–Kier alpha value is -0.0900. The summed E-state index contributed by atoms with van der Waals surface area (Å²) in [6.07, 6.45) is 1.48. The van der Waals surface area contributed by atoms with Gasteiger partial charge in [-0.2, -0.15) is 0 Å². The molecule has 1 rings (SSSR count). The average Bonchev–Trinajstić information content (AvgIpc) is 2.29. The molecule has 11 heavy (non-hydrogen) atoms. The maximum absolute atomic E-state index is 11.0. The molecule has 1 N–H and O–H groups in total. The standard InChI is InChI=1S/C7H12BrNO2/c8-4-1-5-9-6(10)2-3-7(9)11/h6,10H,1-5H2. The Morgan fingerprint density at radius 2 is 2.45 bits per heavy atom. The van der Waals surface area contributed by atoms with E-state index in [1.54, 1.807) is 4.90 Å². The van der Waals surface area contributed by atoms with Crippen molar-refractivity contribution in [3.05, 3.63) is 0 Å². The third-order valence-corrected chi connectivity index (χ3v) is 2.39. The summed E-state index contributed by atoms with van der Waals surface area (Å²) in [4.78, 5) is 12.6. The first-order valence-electron chi connectivity index (χ1n) is 3.79. The Morgan fingerprint density at radius 1 is 1.73 bits per heavy atom. The van der Waals surface area contributed by atoms with Crippen LogP contribution in [0.5, 0.6) is 0 Å². The van der Waals surface area contributed by atoms with Crippen molar-refractivity contribution in [2.24, 2.45) is 0 Å². The number of aliphatic hydroxyl groups is 1. The lowest BCUT2D eigenvalue weighted by Gasteiger charge is -2.19. The third-order valence-electron chi connectivity index (χ3n) is 1.83. The van der Waals surface area contributed by atoms with Gasteiger partial charge in [-0.25, -0.2) is 0 Å². The Morgan fingerprint density at radius 3 is 2.91 bits per heavy atom. The van der Waals surface area contributed by atoms with Gasteiger partial charge in [0.1, 0.15) is 6.23 Å². The molecule has 0 radical (unpaired) electrons. The molecule has 0 bridgehead atoms. The summed E-state index contributed by atoms with van der Waals surface area (Å²) in [5, 5.41) is 10.2. The Labute approximate surface area is 74.5 Å². The predicted molar refractivity (Wildman–Crippen MR) is 45.4 cm³/mol. The number of carbonyl (C=O) groups is 1. The van der Waals surface area contributed by atoms with Crippen molar-refractivity contribution in [1.29, 1.82) is 0 Å². The predicted octanol–water partition coefficient (Wildman–Crippen LogP) is 0.712. The molecule has 1 fully saturated rings. The molecule has 0 aliphatic carbocycles. The van der Waals surface area contributed by atoms with Gasteiger partial charge in [-0.05, 0) is 6.42 Å². The van der Waals surface area contributed by atoms with Gasteiger partial charge in [0.25, 0.3) is 0 Å². The smallest absolute Gasteiger partial charge is 0.224 e. The quantitative estimate of drug-likeness (QED) is 0.714. The van der Waals surface area contributed by atoms with Crippen molar-refractivity contribution < 1.29 is 9.90 Å². The van der Waals surface area contributed by atoms with Crippen LogP contribution in [0.15, 0.2) is 0 Å². The lowest BCUT2D eigenvalue weighted by Crippen LogP contribution is -2.33. The molecule has 0 aromatic heterocycles. The summed E-state index contributed by atoms with van der Waals surface area (Å²) < 4.78 is 0. The van der Waals surface area contributed by atoms with Crippen LogP contribution >= 0.6 is 15.9 Å². The molecular weight excluding hydrogens is 210 g/mol. The molecule has 1 aliphatic rings. The van der Waals surface area contributed by atoms with Gasteiger partial charge in [-0.1, -0.05) is 15.9 Å². The first kappa shape index (κ1) is 9.00. The van der Waals surface area contributed by atoms with Gasteiger partial charge in [-0.3, -0.25) is 4.79 Å². The molecule has 64 valence electrons. The number of rotatable bonds is 3. The molecule has 0 aromatic rings. The van der Waals surface area contributed by atoms with Crippen molar-refractivity contribution in [2.75, 3.05) is 11.9 Å². The van der Waals surface area contributed by atoms with E-state index in [1.165, 1.54) is 0 Å².